The van der Waals surface area contributed by atoms with Crippen LogP contribution in [0.15, 0.2) is 76.2 Å². The number of halogens is 1. The van der Waals surface area contributed by atoms with E-state index in [9.17, 15) is 13.2 Å². The highest BCUT2D eigenvalue weighted by Gasteiger charge is 2.21. The Morgan fingerprint density at radius 2 is 1.95 bits per heavy atom. The molecule has 0 bridgehead atoms. The molecule has 1 N–H and O–H groups in total. The Kier molecular flexibility index (Phi) is 7.80. The van der Waals surface area contributed by atoms with Crippen LogP contribution in [0.3, 0.4) is 0 Å². The molecule has 1 heterocycles. The quantitative estimate of drug-likeness (QED) is 0.252. The molecule has 0 saturated heterocycles. The summed E-state index contributed by atoms with van der Waals surface area (Å²) in [5, 5.41) is 8.22. The fraction of sp³-hybridized carbons (Fsp3) is 0.192. The summed E-state index contributed by atoms with van der Waals surface area (Å²) in [5.74, 6) is 0.363. The molecular formula is C26H26ClN5O4S. The molecule has 0 fully saturated rings. The van der Waals surface area contributed by atoms with Gasteiger partial charge < -0.3 is 15.0 Å². The number of benzene rings is 3. The summed E-state index contributed by atoms with van der Waals surface area (Å²) in [7, 11) is 0.843. The molecule has 0 radical (unpaired) electrons. The lowest BCUT2D eigenvalue weighted by Crippen LogP contribution is -2.15. The van der Waals surface area contributed by atoms with E-state index in [4.69, 9.17) is 16.3 Å². The van der Waals surface area contributed by atoms with Crippen LogP contribution in [-0.4, -0.2) is 56.5 Å². The molecule has 0 atom stereocenters. The number of amides is 1. The van der Waals surface area contributed by atoms with Gasteiger partial charge in [0.2, 0.25) is 5.91 Å². The number of sulfonamides is 1. The predicted octanol–water partition coefficient (Wildman–Crippen LogP) is 4.21. The van der Waals surface area contributed by atoms with Crippen LogP contribution in [0.2, 0.25) is 5.02 Å². The van der Waals surface area contributed by atoms with E-state index in [-0.39, 0.29) is 22.9 Å². The van der Waals surface area contributed by atoms with Gasteiger partial charge in [0.1, 0.15) is 17.0 Å². The monoisotopic (exact) mass is 539 g/mol. The summed E-state index contributed by atoms with van der Waals surface area (Å²) in [6.45, 7) is 0.389. The van der Waals surface area contributed by atoms with Crippen molar-refractivity contribution < 1.29 is 17.9 Å². The highest BCUT2D eigenvalue weighted by atomic mass is 35.5. The lowest BCUT2D eigenvalue weighted by atomic mass is 10.1. The number of carbonyl (C=O) groups is 1. The average molecular weight is 540 g/mol. The zero-order valence-electron chi connectivity index (χ0n) is 20.6. The van der Waals surface area contributed by atoms with Gasteiger partial charge in [-0.25, -0.2) is 0 Å². The van der Waals surface area contributed by atoms with Crippen LogP contribution in [0.25, 0.3) is 10.9 Å². The topological polar surface area (TPSA) is 106 Å². The maximum Gasteiger partial charge on any atom is 0.284 e. The second-order valence-electron chi connectivity index (χ2n) is 8.56. The van der Waals surface area contributed by atoms with Gasteiger partial charge in [-0.05, 0) is 41.5 Å². The van der Waals surface area contributed by atoms with Gasteiger partial charge in [-0.3, -0.25) is 9.48 Å². The number of nitrogens with one attached hydrogen (secondary N) is 1. The molecule has 0 aliphatic rings. The normalized spacial score (nSPS) is 11.7. The lowest BCUT2D eigenvalue weighted by Gasteiger charge is -2.09. The lowest BCUT2D eigenvalue weighted by molar-refractivity contribution is -0.115. The number of fused-ring (bicyclic) bond motifs is 1. The number of hydrogen-bond acceptors (Lipinski definition) is 5. The third-order valence-electron chi connectivity index (χ3n) is 5.40. The van der Waals surface area contributed by atoms with E-state index in [0.717, 1.165) is 5.56 Å². The summed E-state index contributed by atoms with van der Waals surface area (Å²) in [5.41, 5.74) is 2.27. The minimum absolute atomic E-state index is 0.0306. The number of aromatic nitrogens is 2. The molecule has 4 rings (SSSR count). The van der Waals surface area contributed by atoms with Gasteiger partial charge in [0.05, 0.1) is 25.6 Å². The molecule has 37 heavy (non-hydrogen) atoms. The van der Waals surface area contributed by atoms with E-state index in [1.54, 1.807) is 62.4 Å². The van der Waals surface area contributed by atoms with Crippen molar-refractivity contribution in [3.05, 3.63) is 83.0 Å². The zero-order chi connectivity index (χ0) is 26.6. The number of carbonyl (C=O) groups excluding carboxylic acids is 1. The number of anilines is 1. The van der Waals surface area contributed by atoms with E-state index >= 15 is 0 Å². The summed E-state index contributed by atoms with van der Waals surface area (Å²) >= 11 is 6.18. The molecule has 0 spiro atoms. The maximum absolute atomic E-state index is 13.2. The smallest absolute Gasteiger partial charge is 0.284 e. The van der Waals surface area contributed by atoms with Gasteiger partial charge in [-0.1, -0.05) is 41.9 Å². The van der Waals surface area contributed by atoms with Gasteiger partial charge in [0.15, 0.2) is 0 Å². The Morgan fingerprint density at radius 1 is 1.16 bits per heavy atom. The number of nitrogens with zero attached hydrogens (tertiary/aromatic N) is 4. The first-order chi connectivity index (χ1) is 17.6. The Morgan fingerprint density at radius 3 is 2.68 bits per heavy atom. The second kappa shape index (κ2) is 11.0. The van der Waals surface area contributed by atoms with Gasteiger partial charge in [0, 0.05) is 36.4 Å². The SMILES string of the molecule is COc1cccc(Cn2cc3c(S(=O)(=O)N=CN(C)C)cc(NC(=O)Cc4ccccc4Cl)cc3n2)c1. The van der Waals surface area contributed by atoms with E-state index in [1.807, 2.05) is 24.3 Å². The Hall–Kier alpha value is -3.89. The fourth-order valence-electron chi connectivity index (χ4n) is 3.70. The molecular weight excluding hydrogens is 514 g/mol. The van der Waals surface area contributed by atoms with E-state index in [0.29, 0.717) is 33.8 Å². The van der Waals surface area contributed by atoms with Crippen molar-refractivity contribution in [3.63, 3.8) is 0 Å². The zero-order valence-corrected chi connectivity index (χ0v) is 22.1. The summed E-state index contributed by atoms with van der Waals surface area (Å²) in [4.78, 5) is 14.2. The first-order valence-electron chi connectivity index (χ1n) is 11.3. The van der Waals surface area contributed by atoms with E-state index in [1.165, 1.54) is 17.3 Å². The van der Waals surface area contributed by atoms with Crippen LogP contribution < -0.4 is 10.1 Å². The predicted molar refractivity (Wildman–Crippen MR) is 145 cm³/mol. The number of ether oxygens (including phenoxy) is 1. The molecule has 0 saturated carbocycles. The van der Waals surface area contributed by atoms with Gasteiger partial charge in [-0.2, -0.15) is 13.5 Å². The van der Waals surface area contributed by atoms with Crippen molar-refractivity contribution in [3.8, 4) is 5.75 Å². The summed E-state index contributed by atoms with van der Waals surface area (Å²) < 4.78 is 37.0. The third-order valence-corrected chi connectivity index (χ3v) is 7.03. The third kappa shape index (κ3) is 6.46. The van der Waals surface area contributed by atoms with Crippen LogP contribution in [0.5, 0.6) is 5.75 Å². The molecule has 192 valence electrons. The number of hydrogen-bond donors (Lipinski definition) is 1. The number of rotatable bonds is 9. The van der Waals surface area contributed by atoms with Crippen LogP contribution in [0, 0.1) is 0 Å². The minimum atomic E-state index is -4.09. The van der Waals surface area contributed by atoms with E-state index in [2.05, 4.69) is 14.8 Å². The first-order valence-corrected chi connectivity index (χ1v) is 13.1. The van der Waals surface area contributed by atoms with Crippen molar-refractivity contribution in [1.82, 2.24) is 14.7 Å². The molecule has 0 unspecified atom stereocenters. The molecule has 0 aliphatic carbocycles. The highest BCUT2D eigenvalue weighted by Crippen LogP contribution is 2.29. The highest BCUT2D eigenvalue weighted by molar-refractivity contribution is 7.90. The average Bonchev–Trinajstić information content (AvgIpc) is 3.25. The number of methoxy groups -OCH3 is 1. The van der Waals surface area contributed by atoms with Gasteiger partial charge >= 0.3 is 0 Å². The maximum atomic E-state index is 13.2. The largest absolute Gasteiger partial charge is 0.497 e. The first kappa shape index (κ1) is 26.2. The van der Waals surface area contributed by atoms with Crippen molar-refractivity contribution in [2.75, 3.05) is 26.5 Å². The van der Waals surface area contributed by atoms with E-state index < -0.39 is 10.0 Å². The Balaban J connectivity index is 1.72. The van der Waals surface area contributed by atoms with Crippen LogP contribution in [0.4, 0.5) is 5.69 Å². The van der Waals surface area contributed by atoms with Crippen molar-refractivity contribution in [2.45, 2.75) is 17.9 Å². The Labute approximate surface area is 220 Å². The van der Waals surface area contributed by atoms with Crippen molar-refractivity contribution in [2.24, 2.45) is 4.40 Å². The standard InChI is InChI=1S/C26H26ClN5O4S/c1-31(2)17-28-37(34,35)25-14-20(29-26(33)12-19-8-4-5-10-23(19)27)13-24-22(25)16-32(30-24)15-18-7-6-9-21(11-18)36-3/h4-11,13-14,16-17H,12,15H2,1-3H3,(H,29,33). The molecule has 11 heteroatoms. The minimum Gasteiger partial charge on any atom is -0.497 e. The van der Waals surface area contributed by atoms with Crippen molar-refractivity contribution >= 4 is 50.5 Å². The summed E-state index contributed by atoms with van der Waals surface area (Å²) in [6, 6.07) is 17.6. The molecule has 4 aromatic rings. The second-order valence-corrected chi connectivity index (χ2v) is 10.6. The fourth-order valence-corrected chi connectivity index (χ4v) is 5.04. The Bertz CT molecular complexity index is 1580. The van der Waals surface area contributed by atoms with Crippen LogP contribution in [-0.2, 0) is 27.8 Å². The molecule has 3 aromatic carbocycles. The van der Waals surface area contributed by atoms with Gasteiger partial charge in [-0.15, -0.1) is 4.40 Å². The molecule has 1 aromatic heterocycles. The molecule has 1 amide bonds. The molecule has 9 nitrogen and oxygen atoms in total. The van der Waals surface area contributed by atoms with Crippen LogP contribution in [0.1, 0.15) is 11.1 Å². The van der Waals surface area contributed by atoms with Gasteiger partial charge in [0.25, 0.3) is 10.0 Å². The van der Waals surface area contributed by atoms with Crippen molar-refractivity contribution in [1.29, 1.82) is 0 Å². The summed E-state index contributed by atoms with van der Waals surface area (Å²) in [6.07, 6.45) is 2.90. The van der Waals surface area contributed by atoms with Crippen LogP contribution >= 0.6 is 11.6 Å². The molecule has 0 aliphatic heterocycles.